The number of imidazole rings is 1. The Hall–Kier alpha value is -2.82. The number of carbonyl (C=O) groups excluding carboxylic acids is 1. The Morgan fingerprint density at radius 1 is 1.24 bits per heavy atom. The van der Waals surface area contributed by atoms with Gasteiger partial charge in [0, 0.05) is 6.08 Å². The van der Waals surface area contributed by atoms with Crippen molar-refractivity contribution in [2.45, 2.75) is 33.7 Å². The van der Waals surface area contributed by atoms with E-state index in [1.54, 1.807) is 6.08 Å². The van der Waals surface area contributed by atoms with Crippen LogP contribution in [0.15, 0.2) is 46.9 Å². The van der Waals surface area contributed by atoms with Crippen molar-refractivity contribution in [3.8, 4) is 0 Å². The highest BCUT2D eigenvalue weighted by Gasteiger charge is 2.21. The molecule has 2 N–H and O–H groups in total. The predicted octanol–water partition coefficient (Wildman–Crippen LogP) is 4.38. The number of hydrogen-bond acceptors (Lipinski definition) is 3. The van der Waals surface area contributed by atoms with Crippen LogP contribution in [0.4, 0.5) is 0 Å². The Morgan fingerprint density at radius 3 is 2.64 bits per heavy atom. The highest BCUT2D eigenvalue weighted by atomic mass is 16.3. The molecule has 0 saturated carbocycles. The molecule has 3 rings (SSSR count). The van der Waals surface area contributed by atoms with E-state index in [2.05, 4.69) is 29.1 Å². The Morgan fingerprint density at radius 2 is 2.00 bits per heavy atom. The molecule has 0 radical (unpaired) electrons. The first-order chi connectivity index (χ1) is 11.9. The van der Waals surface area contributed by atoms with Gasteiger partial charge in [-0.1, -0.05) is 26.0 Å². The van der Waals surface area contributed by atoms with Crippen LogP contribution in [0.25, 0.3) is 16.6 Å². The number of benzene rings is 1. The summed E-state index contributed by atoms with van der Waals surface area (Å²) in [5.74, 6) is 2.34. The van der Waals surface area contributed by atoms with Crippen LogP contribution < -0.4 is 5.32 Å². The predicted molar refractivity (Wildman–Crippen MR) is 98.9 cm³/mol. The van der Waals surface area contributed by atoms with Crippen LogP contribution in [0, 0.1) is 12.8 Å². The van der Waals surface area contributed by atoms with Gasteiger partial charge in [0.1, 0.15) is 17.3 Å². The SMILES string of the molecule is CC(=CC(=O)NC(c1nc2ccccc2[nH]1)C(C)C)c1ccc(C)o1. The van der Waals surface area contributed by atoms with E-state index in [1.165, 1.54) is 0 Å². The number of aryl methyl sites for hydroxylation is 1. The summed E-state index contributed by atoms with van der Waals surface area (Å²) in [5, 5.41) is 3.05. The van der Waals surface area contributed by atoms with Crippen molar-refractivity contribution >= 4 is 22.5 Å². The second kappa shape index (κ2) is 6.97. The monoisotopic (exact) mass is 337 g/mol. The third-order valence-corrected chi connectivity index (χ3v) is 4.14. The van der Waals surface area contributed by atoms with E-state index in [-0.39, 0.29) is 17.9 Å². The van der Waals surface area contributed by atoms with E-state index in [0.717, 1.165) is 28.2 Å². The fraction of sp³-hybridized carbons (Fsp3) is 0.300. The highest BCUT2D eigenvalue weighted by Crippen LogP contribution is 2.23. The van der Waals surface area contributed by atoms with E-state index >= 15 is 0 Å². The molecule has 0 saturated heterocycles. The van der Waals surface area contributed by atoms with Crippen molar-refractivity contribution in [1.82, 2.24) is 15.3 Å². The molecule has 0 fully saturated rings. The number of H-pyrrole nitrogens is 1. The molecule has 2 aromatic heterocycles. The molecule has 5 heteroatoms. The number of furan rings is 1. The van der Waals surface area contributed by atoms with Crippen molar-refractivity contribution in [3.05, 3.63) is 59.8 Å². The first-order valence-corrected chi connectivity index (χ1v) is 8.44. The van der Waals surface area contributed by atoms with Gasteiger partial charge in [0.25, 0.3) is 0 Å². The fourth-order valence-electron chi connectivity index (χ4n) is 2.78. The van der Waals surface area contributed by atoms with Crippen LogP contribution in [-0.4, -0.2) is 15.9 Å². The minimum Gasteiger partial charge on any atom is -0.462 e. The first kappa shape index (κ1) is 17.0. The van der Waals surface area contributed by atoms with Gasteiger partial charge in [0.05, 0.1) is 17.1 Å². The third-order valence-electron chi connectivity index (χ3n) is 4.14. The molecule has 25 heavy (non-hydrogen) atoms. The van der Waals surface area contributed by atoms with Crippen LogP contribution in [0.2, 0.25) is 0 Å². The molecule has 1 amide bonds. The molecule has 0 aliphatic rings. The Labute approximate surface area is 147 Å². The third kappa shape index (κ3) is 3.82. The van der Waals surface area contributed by atoms with Gasteiger partial charge >= 0.3 is 0 Å². The maximum atomic E-state index is 12.5. The highest BCUT2D eigenvalue weighted by molar-refractivity contribution is 5.94. The topological polar surface area (TPSA) is 70.9 Å². The zero-order valence-corrected chi connectivity index (χ0v) is 15.0. The summed E-state index contributed by atoms with van der Waals surface area (Å²) in [6.07, 6.45) is 1.57. The van der Waals surface area contributed by atoms with Crippen molar-refractivity contribution in [2.24, 2.45) is 5.92 Å². The number of rotatable bonds is 5. The number of para-hydroxylation sites is 2. The van der Waals surface area contributed by atoms with E-state index < -0.39 is 0 Å². The number of aromatic nitrogens is 2. The molecular weight excluding hydrogens is 314 g/mol. The van der Waals surface area contributed by atoms with Gasteiger partial charge in [-0.25, -0.2) is 4.98 Å². The lowest BCUT2D eigenvalue weighted by Crippen LogP contribution is -2.31. The van der Waals surface area contributed by atoms with Crippen molar-refractivity contribution < 1.29 is 9.21 Å². The summed E-state index contributed by atoms with van der Waals surface area (Å²) < 4.78 is 5.56. The molecule has 1 unspecified atom stereocenters. The molecular formula is C20H23N3O2. The second-order valence-electron chi connectivity index (χ2n) is 6.61. The van der Waals surface area contributed by atoms with Crippen LogP contribution in [-0.2, 0) is 4.79 Å². The summed E-state index contributed by atoms with van der Waals surface area (Å²) >= 11 is 0. The molecule has 0 aliphatic carbocycles. The summed E-state index contributed by atoms with van der Waals surface area (Å²) in [7, 11) is 0. The average molecular weight is 337 g/mol. The Balaban J connectivity index is 1.80. The number of nitrogens with one attached hydrogen (secondary N) is 2. The van der Waals surface area contributed by atoms with Crippen LogP contribution in [0.1, 0.15) is 44.2 Å². The summed E-state index contributed by atoms with van der Waals surface area (Å²) in [6, 6.07) is 11.4. The zero-order valence-electron chi connectivity index (χ0n) is 15.0. The van der Waals surface area contributed by atoms with Crippen LogP contribution >= 0.6 is 0 Å². The van der Waals surface area contributed by atoms with Crippen molar-refractivity contribution in [2.75, 3.05) is 0 Å². The minimum absolute atomic E-state index is 0.161. The lowest BCUT2D eigenvalue weighted by atomic mass is 10.0. The van der Waals surface area contributed by atoms with Gasteiger partial charge in [-0.05, 0) is 49.6 Å². The molecule has 2 heterocycles. The smallest absolute Gasteiger partial charge is 0.244 e. The van der Waals surface area contributed by atoms with Gasteiger partial charge in [0.15, 0.2) is 0 Å². The zero-order chi connectivity index (χ0) is 18.0. The molecule has 0 bridgehead atoms. The molecule has 3 aromatic rings. The summed E-state index contributed by atoms with van der Waals surface area (Å²) in [4.78, 5) is 20.4. The largest absolute Gasteiger partial charge is 0.462 e. The van der Waals surface area contributed by atoms with Crippen molar-refractivity contribution in [1.29, 1.82) is 0 Å². The number of allylic oxidation sites excluding steroid dienone is 1. The van der Waals surface area contributed by atoms with E-state index in [0.29, 0.717) is 5.76 Å². The first-order valence-electron chi connectivity index (χ1n) is 8.44. The molecule has 1 aromatic carbocycles. The van der Waals surface area contributed by atoms with E-state index in [4.69, 9.17) is 4.42 Å². The Bertz CT molecular complexity index is 885. The minimum atomic E-state index is -0.192. The lowest BCUT2D eigenvalue weighted by molar-refractivity contribution is -0.117. The summed E-state index contributed by atoms with van der Waals surface area (Å²) in [6.45, 7) is 7.87. The normalized spacial score (nSPS) is 13.4. The van der Waals surface area contributed by atoms with Gasteiger partial charge in [-0.15, -0.1) is 0 Å². The van der Waals surface area contributed by atoms with E-state index in [9.17, 15) is 4.79 Å². The summed E-state index contributed by atoms with van der Waals surface area (Å²) in [5.41, 5.74) is 2.66. The molecule has 5 nitrogen and oxygen atoms in total. The standard InChI is InChI=1S/C20H23N3O2/c1-12(2)19(20-21-15-7-5-6-8-16(15)22-20)23-18(24)11-13(3)17-10-9-14(4)25-17/h5-12,19H,1-4H3,(H,21,22)(H,23,24). The average Bonchev–Trinajstić information content (AvgIpc) is 3.18. The van der Waals surface area contributed by atoms with E-state index in [1.807, 2.05) is 50.2 Å². The molecule has 130 valence electrons. The maximum absolute atomic E-state index is 12.5. The van der Waals surface area contributed by atoms with Gasteiger partial charge < -0.3 is 14.7 Å². The maximum Gasteiger partial charge on any atom is 0.244 e. The number of carbonyl (C=O) groups is 1. The second-order valence-corrected chi connectivity index (χ2v) is 6.61. The number of amides is 1. The molecule has 0 spiro atoms. The quantitative estimate of drug-likeness (QED) is 0.679. The van der Waals surface area contributed by atoms with Gasteiger partial charge in [-0.2, -0.15) is 0 Å². The lowest BCUT2D eigenvalue weighted by Gasteiger charge is -2.19. The number of fused-ring (bicyclic) bond motifs is 1. The van der Waals surface area contributed by atoms with Crippen molar-refractivity contribution in [3.63, 3.8) is 0 Å². The van der Waals surface area contributed by atoms with Crippen LogP contribution in [0.5, 0.6) is 0 Å². The number of nitrogens with zero attached hydrogens (tertiary/aromatic N) is 1. The Kier molecular flexibility index (Phi) is 4.74. The van der Waals surface area contributed by atoms with Gasteiger partial charge in [-0.3, -0.25) is 4.79 Å². The van der Waals surface area contributed by atoms with Gasteiger partial charge in [0.2, 0.25) is 5.91 Å². The number of hydrogen-bond donors (Lipinski definition) is 2. The number of aromatic amines is 1. The fourth-order valence-corrected chi connectivity index (χ4v) is 2.78. The molecule has 0 aliphatic heterocycles. The molecule has 1 atom stereocenters. The van der Waals surface area contributed by atoms with Crippen LogP contribution in [0.3, 0.4) is 0 Å².